The van der Waals surface area contributed by atoms with Gasteiger partial charge in [-0.05, 0) is 38.1 Å². The van der Waals surface area contributed by atoms with Gasteiger partial charge in [-0.3, -0.25) is 0 Å². The molecule has 23 heavy (non-hydrogen) atoms. The molecule has 3 rings (SSSR count). The lowest BCUT2D eigenvalue weighted by Gasteiger charge is -2.32. The molecule has 3 aliphatic rings. The van der Waals surface area contributed by atoms with E-state index in [4.69, 9.17) is 0 Å². The smallest absolute Gasteiger partial charge is 0.317 e. The summed E-state index contributed by atoms with van der Waals surface area (Å²) in [7, 11) is -1.86. The molecule has 6 nitrogen and oxygen atoms in total. The first-order chi connectivity index (χ1) is 11.0. The van der Waals surface area contributed by atoms with Crippen LogP contribution in [0.2, 0.25) is 0 Å². The Hall–Kier alpha value is -0.820. The second-order valence-electron chi connectivity index (χ2n) is 7.31. The van der Waals surface area contributed by atoms with E-state index in [0.29, 0.717) is 31.5 Å². The zero-order valence-corrected chi connectivity index (χ0v) is 14.8. The fourth-order valence-corrected chi connectivity index (χ4v) is 5.44. The number of hydrogen-bond donors (Lipinski definition) is 2. The maximum absolute atomic E-state index is 12.4. The molecule has 3 fully saturated rings. The molecular formula is C16H29N3O3S. The van der Waals surface area contributed by atoms with Crippen molar-refractivity contribution < 1.29 is 13.2 Å². The van der Waals surface area contributed by atoms with Crippen molar-refractivity contribution in [1.29, 1.82) is 0 Å². The number of piperidine rings is 1. The summed E-state index contributed by atoms with van der Waals surface area (Å²) >= 11 is 0. The molecule has 0 radical (unpaired) electrons. The van der Waals surface area contributed by atoms with E-state index in [1.54, 1.807) is 4.90 Å². The van der Waals surface area contributed by atoms with Crippen LogP contribution in [0, 0.1) is 11.8 Å². The summed E-state index contributed by atoms with van der Waals surface area (Å²) in [6.07, 6.45) is 9.11. The number of hydrogen-bond acceptors (Lipinski definition) is 3. The van der Waals surface area contributed by atoms with Crippen LogP contribution >= 0.6 is 0 Å². The quantitative estimate of drug-likeness (QED) is 0.815. The summed E-state index contributed by atoms with van der Waals surface area (Å²) in [6.45, 7) is 0.957. The van der Waals surface area contributed by atoms with Crippen LogP contribution in [0.25, 0.3) is 0 Å². The fraction of sp³-hybridized carbons (Fsp3) is 0.938. The molecule has 132 valence electrons. The molecule has 1 heterocycles. The number of likely N-dealkylation sites (tertiary alicyclic amines) is 1. The molecule has 2 aliphatic carbocycles. The molecule has 0 bridgehead atoms. The van der Waals surface area contributed by atoms with Crippen LogP contribution in [-0.4, -0.2) is 50.8 Å². The van der Waals surface area contributed by atoms with E-state index in [9.17, 15) is 13.2 Å². The zero-order valence-electron chi connectivity index (χ0n) is 14.0. The second kappa shape index (κ2) is 6.97. The standard InChI is InChI=1S/C16H29N3O3S/c1-17-23(21,22)13-8-5-9-19(11-13)16(20)18-15-10-14(15)12-6-3-2-4-7-12/h12-15,17H,2-11H2,1H3,(H,18,20). The van der Waals surface area contributed by atoms with Crippen molar-refractivity contribution >= 4 is 16.1 Å². The van der Waals surface area contributed by atoms with Gasteiger partial charge in [0.15, 0.2) is 0 Å². The maximum Gasteiger partial charge on any atom is 0.317 e. The molecule has 2 N–H and O–H groups in total. The molecule has 1 saturated heterocycles. The molecule has 3 unspecified atom stereocenters. The highest BCUT2D eigenvalue weighted by Gasteiger charge is 2.44. The Balaban J connectivity index is 1.49. The third-order valence-electron chi connectivity index (χ3n) is 5.79. The van der Waals surface area contributed by atoms with E-state index in [1.165, 1.54) is 39.2 Å². The van der Waals surface area contributed by atoms with Crippen molar-refractivity contribution in [2.75, 3.05) is 20.1 Å². The zero-order chi connectivity index (χ0) is 16.4. The first kappa shape index (κ1) is 17.0. The fourth-order valence-electron chi connectivity index (χ4n) is 4.26. The summed E-state index contributed by atoms with van der Waals surface area (Å²) in [4.78, 5) is 14.1. The normalized spacial score (nSPS) is 32.6. The minimum absolute atomic E-state index is 0.0793. The number of nitrogens with zero attached hydrogens (tertiary/aromatic N) is 1. The van der Waals surface area contributed by atoms with Gasteiger partial charge >= 0.3 is 6.03 Å². The topological polar surface area (TPSA) is 78.5 Å². The molecule has 0 aromatic rings. The van der Waals surface area contributed by atoms with Crippen LogP contribution in [0.5, 0.6) is 0 Å². The minimum Gasteiger partial charge on any atom is -0.335 e. The molecular weight excluding hydrogens is 314 g/mol. The number of carbonyl (C=O) groups is 1. The van der Waals surface area contributed by atoms with E-state index in [-0.39, 0.29) is 6.03 Å². The number of amides is 2. The van der Waals surface area contributed by atoms with Gasteiger partial charge in [-0.15, -0.1) is 0 Å². The van der Waals surface area contributed by atoms with Gasteiger partial charge in [0.25, 0.3) is 0 Å². The molecule has 7 heteroatoms. The molecule has 2 saturated carbocycles. The van der Waals surface area contributed by atoms with E-state index < -0.39 is 15.3 Å². The average molecular weight is 343 g/mol. The van der Waals surface area contributed by atoms with Gasteiger partial charge in [-0.1, -0.05) is 32.1 Å². The van der Waals surface area contributed by atoms with Crippen molar-refractivity contribution in [3.8, 4) is 0 Å². The molecule has 3 atom stereocenters. The summed E-state index contributed by atoms with van der Waals surface area (Å²) in [6, 6.07) is 0.233. The van der Waals surface area contributed by atoms with Crippen LogP contribution in [0.4, 0.5) is 4.79 Å². The highest BCUT2D eigenvalue weighted by molar-refractivity contribution is 7.90. The third kappa shape index (κ3) is 3.99. The van der Waals surface area contributed by atoms with E-state index in [0.717, 1.165) is 18.8 Å². The summed E-state index contributed by atoms with van der Waals surface area (Å²) in [5.41, 5.74) is 0. The van der Waals surface area contributed by atoms with Gasteiger partial charge in [0.05, 0.1) is 5.25 Å². The summed E-state index contributed by atoms with van der Waals surface area (Å²) < 4.78 is 26.3. The van der Waals surface area contributed by atoms with Crippen molar-refractivity contribution in [2.45, 2.75) is 62.7 Å². The lowest BCUT2D eigenvalue weighted by Crippen LogP contribution is -2.51. The molecule has 0 aromatic heterocycles. The van der Waals surface area contributed by atoms with Crippen LogP contribution in [0.3, 0.4) is 0 Å². The van der Waals surface area contributed by atoms with E-state index >= 15 is 0 Å². The van der Waals surface area contributed by atoms with Crippen molar-refractivity contribution in [1.82, 2.24) is 14.9 Å². The Morgan fingerprint density at radius 3 is 2.52 bits per heavy atom. The Labute approximate surface area is 139 Å². The molecule has 0 spiro atoms. The van der Waals surface area contributed by atoms with Gasteiger partial charge in [0.1, 0.15) is 0 Å². The van der Waals surface area contributed by atoms with Crippen LogP contribution in [0.1, 0.15) is 51.4 Å². The second-order valence-corrected chi connectivity index (χ2v) is 9.48. The third-order valence-corrected chi connectivity index (χ3v) is 7.62. The number of nitrogens with one attached hydrogen (secondary N) is 2. The van der Waals surface area contributed by atoms with Gasteiger partial charge < -0.3 is 10.2 Å². The molecule has 1 aliphatic heterocycles. The van der Waals surface area contributed by atoms with Crippen molar-refractivity contribution in [3.63, 3.8) is 0 Å². The van der Waals surface area contributed by atoms with Gasteiger partial charge in [-0.2, -0.15) is 0 Å². The van der Waals surface area contributed by atoms with Crippen LogP contribution in [-0.2, 0) is 10.0 Å². The molecule has 0 aromatic carbocycles. The Morgan fingerprint density at radius 2 is 1.83 bits per heavy atom. The predicted octanol–water partition coefficient (Wildman–Crippen LogP) is 1.68. The number of urea groups is 1. The maximum atomic E-state index is 12.4. The van der Waals surface area contributed by atoms with Gasteiger partial charge in [-0.25, -0.2) is 17.9 Å². The van der Waals surface area contributed by atoms with Gasteiger partial charge in [0.2, 0.25) is 10.0 Å². The lowest BCUT2D eigenvalue weighted by atomic mass is 9.85. The summed E-state index contributed by atoms with van der Waals surface area (Å²) in [5, 5.41) is 2.65. The highest BCUT2D eigenvalue weighted by Crippen LogP contribution is 2.44. The van der Waals surface area contributed by atoms with Crippen molar-refractivity contribution in [3.05, 3.63) is 0 Å². The molecule has 2 amide bonds. The summed E-state index contributed by atoms with van der Waals surface area (Å²) in [5.74, 6) is 1.44. The van der Waals surface area contributed by atoms with Crippen LogP contribution in [0.15, 0.2) is 0 Å². The highest BCUT2D eigenvalue weighted by atomic mass is 32.2. The predicted molar refractivity (Wildman–Crippen MR) is 89.6 cm³/mol. The Bertz CT molecular complexity index is 531. The van der Waals surface area contributed by atoms with E-state index in [2.05, 4.69) is 10.0 Å². The first-order valence-corrected chi connectivity index (χ1v) is 10.5. The monoisotopic (exact) mass is 343 g/mol. The van der Waals surface area contributed by atoms with E-state index in [1.807, 2.05) is 0 Å². The van der Waals surface area contributed by atoms with Gasteiger partial charge in [0, 0.05) is 19.1 Å². The van der Waals surface area contributed by atoms with Crippen LogP contribution < -0.4 is 10.0 Å². The SMILES string of the molecule is CNS(=O)(=O)C1CCCN(C(=O)NC2CC2C2CCCCC2)C1. The first-order valence-electron chi connectivity index (χ1n) is 8.99. The Kier molecular flexibility index (Phi) is 5.16. The number of rotatable bonds is 4. The Morgan fingerprint density at radius 1 is 1.09 bits per heavy atom. The average Bonchev–Trinajstić information content (AvgIpc) is 3.35. The number of sulfonamides is 1. The number of carbonyl (C=O) groups excluding carboxylic acids is 1. The minimum atomic E-state index is -3.30. The largest absolute Gasteiger partial charge is 0.335 e. The van der Waals surface area contributed by atoms with Crippen molar-refractivity contribution in [2.24, 2.45) is 11.8 Å². The lowest BCUT2D eigenvalue weighted by molar-refractivity contribution is 0.185.